The minimum atomic E-state index is -3.11. The summed E-state index contributed by atoms with van der Waals surface area (Å²) in [6.07, 6.45) is 8.71. The third-order valence-corrected chi connectivity index (χ3v) is 8.01. The van der Waals surface area contributed by atoms with E-state index in [0.29, 0.717) is 22.6 Å². The lowest BCUT2D eigenvalue weighted by Gasteiger charge is -2.14. The summed E-state index contributed by atoms with van der Waals surface area (Å²) >= 11 is 3.51. The topological polar surface area (TPSA) is 137 Å². The fraction of sp³-hybridized carbons (Fsp3) is 0.375. The molecule has 4 aromatic rings. The van der Waals surface area contributed by atoms with Gasteiger partial charge in [-0.25, -0.2) is 23.1 Å². The Balaban J connectivity index is 1.29. The van der Waals surface area contributed by atoms with Crippen molar-refractivity contribution in [3.8, 4) is 17.1 Å². The zero-order valence-electron chi connectivity index (χ0n) is 20.4. The first-order valence-electron chi connectivity index (χ1n) is 11.9. The summed E-state index contributed by atoms with van der Waals surface area (Å²) < 4.78 is 27.0. The molecule has 3 heterocycles. The summed E-state index contributed by atoms with van der Waals surface area (Å²) in [6, 6.07) is 7.99. The molecule has 5 rings (SSSR count). The number of halogens is 1. The number of imidazole rings is 1. The van der Waals surface area contributed by atoms with Gasteiger partial charge in [-0.3, -0.25) is 4.79 Å². The van der Waals surface area contributed by atoms with Crippen molar-refractivity contribution in [2.45, 2.75) is 25.3 Å². The highest BCUT2D eigenvalue weighted by atomic mass is 79.9. The molecule has 0 aliphatic heterocycles. The van der Waals surface area contributed by atoms with E-state index in [1.807, 2.05) is 42.1 Å². The number of benzene rings is 1. The number of amides is 1. The molecule has 1 aromatic carbocycles. The van der Waals surface area contributed by atoms with Crippen molar-refractivity contribution < 1.29 is 13.2 Å². The molecule has 1 aliphatic rings. The van der Waals surface area contributed by atoms with Crippen LogP contribution in [-0.2, 0) is 21.7 Å². The summed E-state index contributed by atoms with van der Waals surface area (Å²) in [7, 11) is -1.15. The van der Waals surface area contributed by atoms with Gasteiger partial charge in [0.2, 0.25) is 11.9 Å². The van der Waals surface area contributed by atoms with Crippen LogP contribution in [-0.4, -0.2) is 68.2 Å². The number of aryl methyl sites for hydroxylation is 1. The average molecular weight is 588 g/mol. The maximum absolute atomic E-state index is 12.4. The third kappa shape index (κ3) is 5.67. The zero-order valence-corrected chi connectivity index (χ0v) is 22.8. The van der Waals surface area contributed by atoms with Gasteiger partial charge in [0.25, 0.3) is 0 Å². The number of carbonyl (C=O) groups excluding carboxylic acids is 1. The van der Waals surface area contributed by atoms with E-state index in [2.05, 4.69) is 41.6 Å². The predicted octanol–water partition coefficient (Wildman–Crippen LogP) is 2.72. The normalized spacial score (nSPS) is 17.8. The van der Waals surface area contributed by atoms with Crippen LogP contribution in [0.15, 0.2) is 47.5 Å². The summed E-state index contributed by atoms with van der Waals surface area (Å²) in [5, 5.41) is 11.5. The number of fused-ring (bicyclic) bond motifs is 1. The number of nitrogens with one attached hydrogen (secondary N) is 2. The second-order valence-corrected chi connectivity index (χ2v) is 12.3. The molecule has 0 bridgehead atoms. The van der Waals surface area contributed by atoms with Crippen molar-refractivity contribution >= 4 is 48.7 Å². The largest absolute Gasteiger partial charge is 0.355 e. The second kappa shape index (κ2) is 10.2. The Morgan fingerprint density at radius 3 is 2.68 bits per heavy atom. The number of rotatable bonds is 8. The van der Waals surface area contributed by atoms with Gasteiger partial charge < -0.3 is 15.2 Å². The minimum absolute atomic E-state index is 0.0417. The molecule has 2 atom stereocenters. The lowest BCUT2D eigenvalue weighted by Crippen LogP contribution is -2.33. The van der Waals surface area contributed by atoms with Gasteiger partial charge in [-0.2, -0.15) is 10.1 Å². The maximum atomic E-state index is 12.4. The van der Waals surface area contributed by atoms with Gasteiger partial charge in [-0.1, -0.05) is 0 Å². The Hall–Kier alpha value is -3.32. The van der Waals surface area contributed by atoms with Gasteiger partial charge in [0.1, 0.15) is 20.3 Å². The monoisotopic (exact) mass is 586 g/mol. The van der Waals surface area contributed by atoms with Crippen LogP contribution in [0.3, 0.4) is 0 Å². The highest BCUT2D eigenvalue weighted by Crippen LogP contribution is 2.30. The van der Waals surface area contributed by atoms with Crippen molar-refractivity contribution in [3.05, 3.63) is 47.5 Å². The number of sulfone groups is 1. The van der Waals surface area contributed by atoms with Gasteiger partial charge in [0, 0.05) is 56.0 Å². The van der Waals surface area contributed by atoms with Gasteiger partial charge in [0.15, 0.2) is 5.65 Å². The molecule has 0 radical (unpaired) electrons. The Morgan fingerprint density at radius 2 is 1.97 bits per heavy atom. The van der Waals surface area contributed by atoms with Crippen LogP contribution in [0.5, 0.6) is 0 Å². The standard InChI is InChI=1S/C24H27BrN8O3S/c1-32-11-9-26-21(32)15-4-7-18(8-5-15)33-22-19(20(25)31-33)14-28-24(30-22)29-17-6-3-16(13-17)23(34)27-10-12-37(2,35)36/h4-5,7-9,11,14,16-17H,3,6,10,12-13H2,1-2H3,(H,27,34)(H,28,29,30)/t16-,17-/m1/s1. The molecule has 11 nitrogen and oxygen atoms in total. The molecular formula is C24H27BrN8O3S. The van der Waals surface area contributed by atoms with E-state index in [9.17, 15) is 13.2 Å². The number of aromatic nitrogens is 6. The van der Waals surface area contributed by atoms with E-state index in [1.54, 1.807) is 17.1 Å². The molecule has 0 spiro atoms. The lowest BCUT2D eigenvalue weighted by atomic mass is 10.1. The van der Waals surface area contributed by atoms with Gasteiger partial charge in [0.05, 0.1) is 16.8 Å². The predicted molar refractivity (Wildman–Crippen MR) is 144 cm³/mol. The molecule has 2 N–H and O–H groups in total. The van der Waals surface area contributed by atoms with E-state index in [1.165, 1.54) is 0 Å². The lowest BCUT2D eigenvalue weighted by molar-refractivity contribution is -0.124. The van der Waals surface area contributed by atoms with E-state index in [-0.39, 0.29) is 30.2 Å². The molecule has 1 saturated carbocycles. The smallest absolute Gasteiger partial charge is 0.224 e. The van der Waals surface area contributed by atoms with Gasteiger partial charge >= 0.3 is 0 Å². The Kier molecular flexibility index (Phi) is 6.99. The SMILES string of the molecule is Cn1ccnc1-c1ccc(-n2nc(Br)c3cnc(N[C@@H]4CC[C@@H](C(=O)NCCS(C)(=O)=O)C4)nc32)cc1. The Bertz CT molecular complexity index is 1550. The van der Waals surface area contributed by atoms with Crippen molar-refractivity contribution in [1.82, 2.24) is 34.6 Å². The number of carbonyl (C=O) groups is 1. The molecule has 0 unspecified atom stereocenters. The van der Waals surface area contributed by atoms with E-state index < -0.39 is 9.84 Å². The molecule has 0 saturated heterocycles. The molecule has 1 aliphatic carbocycles. The van der Waals surface area contributed by atoms with Crippen molar-refractivity contribution in [3.63, 3.8) is 0 Å². The van der Waals surface area contributed by atoms with Crippen LogP contribution >= 0.6 is 15.9 Å². The quantitative estimate of drug-likeness (QED) is 0.321. The van der Waals surface area contributed by atoms with Gasteiger partial charge in [-0.05, 0) is 59.5 Å². The summed E-state index contributed by atoms with van der Waals surface area (Å²) in [4.78, 5) is 26.0. The number of nitrogens with zero attached hydrogens (tertiary/aromatic N) is 6. The maximum Gasteiger partial charge on any atom is 0.224 e. The van der Waals surface area contributed by atoms with Crippen LogP contribution in [0.1, 0.15) is 19.3 Å². The van der Waals surface area contributed by atoms with Crippen LogP contribution in [0.4, 0.5) is 5.95 Å². The fourth-order valence-electron chi connectivity index (χ4n) is 4.55. The summed E-state index contributed by atoms with van der Waals surface area (Å²) in [6.45, 7) is 0.133. The van der Waals surface area contributed by atoms with Gasteiger partial charge in [-0.15, -0.1) is 0 Å². The van der Waals surface area contributed by atoms with Crippen molar-refractivity contribution in [2.24, 2.45) is 13.0 Å². The fourth-order valence-corrected chi connectivity index (χ4v) is 5.46. The third-order valence-electron chi connectivity index (χ3n) is 6.48. The van der Waals surface area contributed by atoms with Crippen LogP contribution in [0.25, 0.3) is 28.1 Å². The molecular weight excluding hydrogens is 560 g/mol. The van der Waals surface area contributed by atoms with Crippen molar-refractivity contribution in [1.29, 1.82) is 0 Å². The first-order chi connectivity index (χ1) is 17.7. The van der Waals surface area contributed by atoms with E-state index in [4.69, 9.17) is 4.98 Å². The highest BCUT2D eigenvalue weighted by molar-refractivity contribution is 9.10. The van der Waals surface area contributed by atoms with E-state index >= 15 is 0 Å². The number of hydrogen-bond donors (Lipinski definition) is 2. The summed E-state index contributed by atoms with van der Waals surface area (Å²) in [5.41, 5.74) is 2.51. The first kappa shape index (κ1) is 25.3. The number of hydrogen-bond acceptors (Lipinski definition) is 8. The second-order valence-electron chi connectivity index (χ2n) is 9.31. The van der Waals surface area contributed by atoms with Crippen LogP contribution < -0.4 is 10.6 Å². The average Bonchev–Trinajstić information content (AvgIpc) is 3.58. The molecule has 1 fully saturated rings. The molecule has 194 valence electrons. The van der Waals surface area contributed by atoms with Crippen molar-refractivity contribution in [2.75, 3.05) is 23.9 Å². The molecule has 13 heteroatoms. The van der Waals surface area contributed by atoms with Crippen LogP contribution in [0, 0.1) is 5.92 Å². The van der Waals surface area contributed by atoms with E-state index in [0.717, 1.165) is 41.6 Å². The zero-order chi connectivity index (χ0) is 26.2. The first-order valence-corrected chi connectivity index (χ1v) is 14.7. The minimum Gasteiger partial charge on any atom is -0.355 e. The summed E-state index contributed by atoms with van der Waals surface area (Å²) in [5.74, 6) is 1.01. The highest BCUT2D eigenvalue weighted by Gasteiger charge is 2.30. The molecule has 37 heavy (non-hydrogen) atoms. The Labute approximate surface area is 222 Å². The molecule has 1 amide bonds. The van der Waals surface area contributed by atoms with Crippen LogP contribution in [0.2, 0.25) is 0 Å². The molecule has 3 aromatic heterocycles. The Morgan fingerprint density at radius 1 is 1.19 bits per heavy atom. The number of anilines is 1.